The Hall–Kier alpha value is -4.32. The molecule has 5 nitrogen and oxygen atoms in total. The third-order valence-electron chi connectivity index (χ3n) is 5.31. The third-order valence-corrected chi connectivity index (χ3v) is 5.31. The van der Waals surface area contributed by atoms with Crippen molar-refractivity contribution in [3.8, 4) is 0 Å². The fourth-order valence-electron chi connectivity index (χ4n) is 3.63. The summed E-state index contributed by atoms with van der Waals surface area (Å²) in [5.74, 6) is -1.09. The summed E-state index contributed by atoms with van der Waals surface area (Å²) in [5, 5.41) is 12.9. The molecule has 3 aromatic carbocycles. The van der Waals surface area contributed by atoms with Crippen LogP contribution in [-0.2, 0) is 6.54 Å². The number of amides is 1. The number of rotatable bonds is 5. The third kappa shape index (κ3) is 3.98. The molecule has 0 aliphatic rings. The van der Waals surface area contributed by atoms with E-state index in [0.29, 0.717) is 16.6 Å². The van der Waals surface area contributed by atoms with Gasteiger partial charge in [0.15, 0.2) is 0 Å². The van der Waals surface area contributed by atoms with Crippen molar-refractivity contribution in [3.63, 3.8) is 0 Å². The van der Waals surface area contributed by atoms with E-state index in [9.17, 15) is 9.18 Å². The van der Waals surface area contributed by atoms with E-state index in [4.69, 9.17) is 0 Å². The summed E-state index contributed by atoms with van der Waals surface area (Å²) in [5.41, 5.74) is 3.00. The van der Waals surface area contributed by atoms with Crippen molar-refractivity contribution in [3.05, 3.63) is 107 Å². The van der Waals surface area contributed by atoms with E-state index < -0.39 is 11.7 Å². The second-order valence-corrected chi connectivity index (χ2v) is 7.47. The predicted octanol–water partition coefficient (Wildman–Crippen LogP) is 5.35. The number of H-pyrrole nitrogens is 1. The van der Waals surface area contributed by atoms with E-state index in [2.05, 4.69) is 44.8 Å². The average Bonchev–Trinajstić information content (AvgIpc) is 3.22. The van der Waals surface area contributed by atoms with Gasteiger partial charge in [0.25, 0.3) is 5.91 Å². The normalized spacial score (nSPS) is 11.4. The van der Waals surface area contributed by atoms with E-state index in [0.717, 1.165) is 16.5 Å². The van der Waals surface area contributed by atoms with E-state index in [-0.39, 0.29) is 12.1 Å². The van der Waals surface area contributed by atoms with Gasteiger partial charge in [-0.05, 0) is 46.2 Å². The molecule has 0 atom stereocenters. The SMILES string of the molecule is O=C(NCc1cccnc1)c1cc2c(/C=C/c3ccc4ccccc4c3)n[nH]c2cc1F. The number of hydrogen-bond acceptors (Lipinski definition) is 3. The van der Waals surface area contributed by atoms with Crippen LogP contribution in [0.3, 0.4) is 0 Å². The highest BCUT2D eigenvalue weighted by molar-refractivity contribution is 6.00. The maximum Gasteiger partial charge on any atom is 0.254 e. The Morgan fingerprint density at radius 1 is 1.00 bits per heavy atom. The monoisotopic (exact) mass is 422 g/mol. The van der Waals surface area contributed by atoms with Crippen molar-refractivity contribution < 1.29 is 9.18 Å². The molecule has 0 aliphatic carbocycles. The number of carbonyl (C=O) groups excluding carboxylic acids is 1. The van der Waals surface area contributed by atoms with Crippen molar-refractivity contribution >= 4 is 39.7 Å². The Kier molecular flexibility index (Phi) is 5.17. The first-order valence-electron chi connectivity index (χ1n) is 10.2. The molecule has 0 saturated heterocycles. The topological polar surface area (TPSA) is 70.7 Å². The van der Waals surface area contributed by atoms with Crippen LogP contribution in [0.15, 0.2) is 79.1 Å². The molecule has 5 aromatic rings. The minimum absolute atomic E-state index is 0.0249. The van der Waals surface area contributed by atoms with Gasteiger partial charge in [-0.25, -0.2) is 4.39 Å². The van der Waals surface area contributed by atoms with Crippen LogP contribution >= 0.6 is 0 Å². The molecule has 6 heteroatoms. The second kappa shape index (κ2) is 8.43. The van der Waals surface area contributed by atoms with Gasteiger partial charge in [-0.1, -0.05) is 48.5 Å². The standard InChI is InChI=1S/C26H19FN4O/c27-23-14-25-22(13-21(23)26(32)29-16-18-4-3-11-28-15-18)24(30-31-25)10-8-17-7-9-19-5-1-2-6-20(19)12-17/h1-15H,16H2,(H,29,32)(H,30,31)/b10-8+. The van der Waals surface area contributed by atoms with Gasteiger partial charge in [0.1, 0.15) is 5.82 Å². The lowest BCUT2D eigenvalue weighted by atomic mass is 10.1. The summed E-state index contributed by atoms with van der Waals surface area (Å²) >= 11 is 0. The Morgan fingerprint density at radius 3 is 2.72 bits per heavy atom. The molecule has 156 valence electrons. The fraction of sp³-hybridized carbons (Fsp3) is 0.0385. The molecule has 2 aromatic heterocycles. The Bertz CT molecular complexity index is 1460. The zero-order chi connectivity index (χ0) is 21.9. The summed E-state index contributed by atoms with van der Waals surface area (Å²) in [6, 6.07) is 20.8. The maximum atomic E-state index is 14.6. The number of nitrogens with zero attached hydrogens (tertiary/aromatic N) is 2. The van der Waals surface area contributed by atoms with Gasteiger partial charge in [-0.2, -0.15) is 5.10 Å². The molecule has 32 heavy (non-hydrogen) atoms. The first-order valence-corrected chi connectivity index (χ1v) is 10.2. The largest absolute Gasteiger partial charge is 0.348 e. The summed E-state index contributed by atoms with van der Waals surface area (Å²) in [4.78, 5) is 16.6. The molecule has 0 saturated carbocycles. The Labute approximate surface area is 183 Å². The molecule has 2 heterocycles. The van der Waals surface area contributed by atoms with Crippen molar-refractivity contribution in [2.75, 3.05) is 0 Å². The number of benzene rings is 3. The molecular formula is C26H19FN4O. The molecular weight excluding hydrogens is 403 g/mol. The van der Waals surface area contributed by atoms with Gasteiger partial charge < -0.3 is 5.32 Å². The van der Waals surface area contributed by atoms with Crippen molar-refractivity contribution in [1.29, 1.82) is 0 Å². The second-order valence-electron chi connectivity index (χ2n) is 7.47. The summed E-state index contributed by atoms with van der Waals surface area (Å²) in [6.45, 7) is 0.268. The summed E-state index contributed by atoms with van der Waals surface area (Å²) in [7, 11) is 0. The van der Waals surface area contributed by atoms with Crippen LogP contribution in [0.2, 0.25) is 0 Å². The molecule has 0 aliphatic heterocycles. The van der Waals surface area contributed by atoms with E-state index >= 15 is 0 Å². The number of carbonyl (C=O) groups is 1. The molecule has 0 bridgehead atoms. The van der Waals surface area contributed by atoms with Gasteiger partial charge in [0, 0.05) is 30.4 Å². The van der Waals surface area contributed by atoms with Crippen LogP contribution in [-0.4, -0.2) is 21.1 Å². The van der Waals surface area contributed by atoms with E-state index in [1.54, 1.807) is 18.5 Å². The lowest BCUT2D eigenvalue weighted by Gasteiger charge is -2.06. The lowest BCUT2D eigenvalue weighted by Crippen LogP contribution is -2.23. The van der Waals surface area contributed by atoms with Gasteiger partial charge in [-0.3, -0.25) is 14.9 Å². The van der Waals surface area contributed by atoms with Crippen LogP contribution in [0.1, 0.15) is 27.2 Å². The van der Waals surface area contributed by atoms with Crippen LogP contribution in [0.4, 0.5) is 4.39 Å². The number of pyridine rings is 1. The maximum absolute atomic E-state index is 14.6. The quantitative estimate of drug-likeness (QED) is 0.401. The van der Waals surface area contributed by atoms with Crippen LogP contribution < -0.4 is 5.32 Å². The highest BCUT2D eigenvalue weighted by Gasteiger charge is 2.15. The Balaban J connectivity index is 1.41. The zero-order valence-electron chi connectivity index (χ0n) is 17.0. The minimum Gasteiger partial charge on any atom is -0.348 e. The fourth-order valence-corrected chi connectivity index (χ4v) is 3.63. The molecule has 5 rings (SSSR count). The first kappa shape index (κ1) is 19.6. The molecule has 0 spiro atoms. The van der Waals surface area contributed by atoms with Gasteiger partial charge in [0.05, 0.1) is 16.8 Å². The molecule has 0 radical (unpaired) electrons. The van der Waals surface area contributed by atoms with Gasteiger partial charge in [-0.15, -0.1) is 0 Å². The zero-order valence-corrected chi connectivity index (χ0v) is 17.0. The number of fused-ring (bicyclic) bond motifs is 2. The van der Waals surface area contributed by atoms with Crippen molar-refractivity contribution in [2.45, 2.75) is 6.54 Å². The number of nitrogens with one attached hydrogen (secondary N) is 2. The van der Waals surface area contributed by atoms with Crippen molar-refractivity contribution in [1.82, 2.24) is 20.5 Å². The molecule has 2 N–H and O–H groups in total. The molecule has 0 fully saturated rings. The van der Waals surface area contributed by atoms with E-state index in [1.165, 1.54) is 17.5 Å². The number of halogens is 1. The van der Waals surface area contributed by atoms with E-state index in [1.807, 2.05) is 36.4 Å². The highest BCUT2D eigenvalue weighted by Crippen LogP contribution is 2.23. The Morgan fingerprint density at radius 2 is 1.88 bits per heavy atom. The number of hydrogen-bond donors (Lipinski definition) is 2. The van der Waals surface area contributed by atoms with Crippen molar-refractivity contribution in [2.24, 2.45) is 0 Å². The summed E-state index contributed by atoms with van der Waals surface area (Å²) in [6.07, 6.45) is 7.13. The first-order chi connectivity index (χ1) is 15.7. The van der Waals surface area contributed by atoms with Crippen LogP contribution in [0.5, 0.6) is 0 Å². The number of aromatic nitrogens is 3. The summed E-state index contributed by atoms with van der Waals surface area (Å²) < 4.78 is 14.6. The molecule has 1 amide bonds. The number of aromatic amines is 1. The predicted molar refractivity (Wildman–Crippen MR) is 124 cm³/mol. The minimum atomic E-state index is -0.602. The lowest BCUT2D eigenvalue weighted by molar-refractivity contribution is 0.0947. The van der Waals surface area contributed by atoms with Gasteiger partial charge in [0.2, 0.25) is 0 Å². The smallest absolute Gasteiger partial charge is 0.254 e. The highest BCUT2D eigenvalue weighted by atomic mass is 19.1. The molecule has 0 unspecified atom stereocenters. The van der Waals surface area contributed by atoms with Crippen LogP contribution in [0.25, 0.3) is 33.8 Å². The van der Waals surface area contributed by atoms with Gasteiger partial charge >= 0.3 is 0 Å². The van der Waals surface area contributed by atoms with Crippen LogP contribution in [0, 0.1) is 5.82 Å². The average molecular weight is 422 g/mol.